The molecule has 6 heteroatoms. The van der Waals surface area contributed by atoms with Crippen LogP contribution >= 0.6 is 15.9 Å². The fourth-order valence-electron chi connectivity index (χ4n) is 2.46. The molecule has 0 fully saturated rings. The van der Waals surface area contributed by atoms with Crippen LogP contribution in [0.5, 0.6) is 0 Å². The number of carbonyl (C=O) groups is 1. The zero-order valence-electron chi connectivity index (χ0n) is 12.3. The van der Waals surface area contributed by atoms with Crippen LogP contribution in [0, 0.1) is 5.82 Å². The van der Waals surface area contributed by atoms with Gasteiger partial charge >= 0.3 is 0 Å². The molecule has 4 nitrogen and oxygen atoms in total. The molecule has 0 aliphatic heterocycles. The molecule has 0 aliphatic carbocycles. The number of carbonyl (C=O) groups excluding carboxylic acids is 1. The van der Waals surface area contributed by atoms with E-state index in [4.69, 9.17) is 10.2 Å². The minimum atomic E-state index is -0.825. The fourth-order valence-corrected chi connectivity index (χ4v) is 2.89. The molecule has 0 saturated carbocycles. The smallest absolute Gasteiger partial charge is 0.253 e. The molecule has 1 unspecified atom stereocenters. The Morgan fingerprint density at radius 1 is 1.30 bits per heavy atom. The van der Waals surface area contributed by atoms with Crippen molar-refractivity contribution in [2.24, 2.45) is 5.73 Å². The first-order chi connectivity index (χ1) is 11.0. The standard InChI is InChI=1S/C17H14BrFN2O2/c1-9(15-6-10-4-2-3-5-14(10)23-15)21-13-8-11(18)7-12(19)16(13)17(20)22/h2-9,21H,1H3,(H2,20,22). The highest BCUT2D eigenvalue weighted by Gasteiger charge is 2.19. The van der Waals surface area contributed by atoms with Crippen molar-refractivity contribution in [1.29, 1.82) is 0 Å². The molecule has 3 N–H and O–H groups in total. The molecule has 23 heavy (non-hydrogen) atoms. The summed E-state index contributed by atoms with van der Waals surface area (Å²) < 4.78 is 20.3. The summed E-state index contributed by atoms with van der Waals surface area (Å²) >= 11 is 3.22. The van der Waals surface area contributed by atoms with Crippen molar-refractivity contribution in [2.75, 3.05) is 5.32 Å². The number of hydrogen-bond donors (Lipinski definition) is 2. The van der Waals surface area contributed by atoms with E-state index in [0.29, 0.717) is 15.9 Å². The lowest BCUT2D eigenvalue weighted by Gasteiger charge is -2.16. The van der Waals surface area contributed by atoms with Gasteiger partial charge in [-0.1, -0.05) is 34.1 Å². The zero-order chi connectivity index (χ0) is 16.6. The second kappa shape index (κ2) is 6.04. The lowest BCUT2D eigenvalue weighted by molar-refractivity contribution is 0.0997. The average Bonchev–Trinajstić information content (AvgIpc) is 2.90. The Morgan fingerprint density at radius 2 is 2.04 bits per heavy atom. The number of rotatable bonds is 4. The molecule has 0 bridgehead atoms. The van der Waals surface area contributed by atoms with Crippen LogP contribution < -0.4 is 11.1 Å². The van der Waals surface area contributed by atoms with Crippen molar-refractivity contribution in [2.45, 2.75) is 13.0 Å². The summed E-state index contributed by atoms with van der Waals surface area (Å²) in [5, 5.41) is 4.06. The van der Waals surface area contributed by atoms with Gasteiger partial charge in [0.15, 0.2) is 0 Å². The van der Waals surface area contributed by atoms with Crippen LogP contribution in [-0.2, 0) is 0 Å². The third-order valence-corrected chi connectivity index (χ3v) is 4.00. The minimum Gasteiger partial charge on any atom is -0.459 e. The molecule has 1 heterocycles. The number of para-hydroxylation sites is 1. The van der Waals surface area contributed by atoms with Gasteiger partial charge in [-0.3, -0.25) is 4.79 Å². The number of fused-ring (bicyclic) bond motifs is 1. The zero-order valence-corrected chi connectivity index (χ0v) is 13.9. The van der Waals surface area contributed by atoms with Crippen LogP contribution in [0.25, 0.3) is 11.0 Å². The molecule has 3 aromatic rings. The lowest BCUT2D eigenvalue weighted by Crippen LogP contribution is -2.18. The van der Waals surface area contributed by atoms with Crippen molar-refractivity contribution in [1.82, 2.24) is 0 Å². The molecule has 1 amide bonds. The SMILES string of the molecule is CC(Nc1cc(Br)cc(F)c1C(N)=O)c1cc2ccccc2o1. The summed E-state index contributed by atoms with van der Waals surface area (Å²) in [4.78, 5) is 11.5. The van der Waals surface area contributed by atoms with Crippen LogP contribution in [0.2, 0.25) is 0 Å². The molecular weight excluding hydrogens is 363 g/mol. The van der Waals surface area contributed by atoms with E-state index < -0.39 is 11.7 Å². The Morgan fingerprint density at radius 3 is 2.74 bits per heavy atom. The third-order valence-electron chi connectivity index (χ3n) is 3.54. The Kier molecular flexibility index (Phi) is 4.09. The van der Waals surface area contributed by atoms with Gasteiger partial charge in [0.25, 0.3) is 5.91 Å². The van der Waals surface area contributed by atoms with Crippen LogP contribution in [0.1, 0.15) is 29.1 Å². The van der Waals surface area contributed by atoms with Gasteiger partial charge in [0.1, 0.15) is 17.2 Å². The van der Waals surface area contributed by atoms with Gasteiger partial charge in [0.2, 0.25) is 0 Å². The summed E-state index contributed by atoms with van der Waals surface area (Å²) in [6.45, 7) is 1.86. The van der Waals surface area contributed by atoms with Crippen LogP contribution in [0.3, 0.4) is 0 Å². The number of hydrogen-bond acceptors (Lipinski definition) is 3. The molecule has 3 rings (SSSR count). The number of furan rings is 1. The number of benzene rings is 2. The second-order valence-electron chi connectivity index (χ2n) is 5.23. The molecule has 0 aliphatic rings. The van der Waals surface area contributed by atoms with Crippen molar-refractivity contribution >= 4 is 38.5 Å². The maximum Gasteiger partial charge on any atom is 0.253 e. The molecule has 1 atom stereocenters. The first-order valence-electron chi connectivity index (χ1n) is 6.99. The average molecular weight is 377 g/mol. The van der Waals surface area contributed by atoms with Crippen molar-refractivity contribution in [3.63, 3.8) is 0 Å². The van der Waals surface area contributed by atoms with E-state index in [-0.39, 0.29) is 11.6 Å². The molecule has 2 aromatic carbocycles. The third kappa shape index (κ3) is 3.07. The number of nitrogens with two attached hydrogens (primary N) is 1. The number of nitrogens with one attached hydrogen (secondary N) is 1. The van der Waals surface area contributed by atoms with E-state index in [9.17, 15) is 9.18 Å². The number of amides is 1. The summed E-state index contributed by atoms with van der Waals surface area (Å²) in [6.07, 6.45) is 0. The van der Waals surface area contributed by atoms with E-state index in [1.54, 1.807) is 6.07 Å². The van der Waals surface area contributed by atoms with Crippen LogP contribution in [0.4, 0.5) is 10.1 Å². The topological polar surface area (TPSA) is 68.3 Å². The van der Waals surface area contributed by atoms with Gasteiger partial charge in [0.05, 0.1) is 17.3 Å². The number of primary amides is 1. The predicted molar refractivity (Wildman–Crippen MR) is 90.9 cm³/mol. The molecular formula is C17H14BrFN2O2. The van der Waals surface area contributed by atoms with Gasteiger partial charge in [0, 0.05) is 9.86 Å². The van der Waals surface area contributed by atoms with Crippen LogP contribution in [-0.4, -0.2) is 5.91 Å². The van der Waals surface area contributed by atoms with Gasteiger partial charge in [-0.05, 0) is 31.2 Å². The van der Waals surface area contributed by atoms with Gasteiger partial charge in [-0.25, -0.2) is 4.39 Å². The highest BCUT2D eigenvalue weighted by molar-refractivity contribution is 9.10. The number of anilines is 1. The van der Waals surface area contributed by atoms with E-state index >= 15 is 0 Å². The van der Waals surface area contributed by atoms with Crippen molar-refractivity contribution in [3.8, 4) is 0 Å². The van der Waals surface area contributed by atoms with Gasteiger partial charge in [-0.15, -0.1) is 0 Å². The van der Waals surface area contributed by atoms with E-state index in [1.165, 1.54) is 6.07 Å². The second-order valence-corrected chi connectivity index (χ2v) is 6.14. The van der Waals surface area contributed by atoms with E-state index in [1.807, 2.05) is 37.3 Å². The summed E-state index contributed by atoms with van der Waals surface area (Å²) in [5.74, 6) is -0.817. The molecule has 1 aromatic heterocycles. The molecule has 0 spiro atoms. The normalized spacial score (nSPS) is 12.3. The van der Waals surface area contributed by atoms with Crippen LogP contribution in [0.15, 0.2) is 51.4 Å². The van der Waals surface area contributed by atoms with E-state index in [2.05, 4.69) is 21.2 Å². The minimum absolute atomic E-state index is 0.170. The van der Waals surface area contributed by atoms with Gasteiger partial charge in [-0.2, -0.15) is 0 Å². The monoisotopic (exact) mass is 376 g/mol. The summed E-state index contributed by atoms with van der Waals surface area (Å²) in [5.41, 5.74) is 6.20. The lowest BCUT2D eigenvalue weighted by atomic mass is 10.1. The Bertz CT molecular complexity index is 858. The predicted octanol–water partition coefficient (Wildman–Crippen LogP) is 4.61. The van der Waals surface area contributed by atoms with Crippen molar-refractivity contribution in [3.05, 3.63) is 64.1 Å². The Hall–Kier alpha value is -2.34. The highest BCUT2D eigenvalue weighted by Crippen LogP contribution is 2.30. The number of halogens is 2. The molecule has 118 valence electrons. The Labute approximate surface area is 140 Å². The quantitative estimate of drug-likeness (QED) is 0.698. The van der Waals surface area contributed by atoms with Crippen molar-refractivity contribution < 1.29 is 13.6 Å². The van der Waals surface area contributed by atoms with E-state index in [0.717, 1.165) is 11.0 Å². The largest absolute Gasteiger partial charge is 0.459 e. The summed E-state index contributed by atoms with van der Waals surface area (Å²) in [7, 11) is 0. The summed E-state index contributed by atoms with van der Waals surface area (Å²) in [6, 6.07) is 12.1. The van der Waals surface area contributed by atoms with Gasteiger partial charge < -0.3 is 15.5 Å². The maximum absolute atomic E-state index is 14.0. The fraction of sp³-hybridized carbons (Fsp3) is 0.118. The molecule has 0 saturated heterocycles. The first-order valence-corrected chi connectivity index (χ1v) is 7.79. The highest BCUT2D eigenvalue weighted by atomic mass is 79.9. The molecule has 0 radical (unpaired) electrons. The first kappa shape index (κ1) is 15.6. The maximum atomic E-state index is 14.0. The Balaban J connectivity index is 1.96.